The SMILES string of the molecule is O=C(NC1CCC(Oc2ncc(F)cn2)CC1)c1ccc(OC(F)(F)F)cc1. The van der Waals surface area contributed by atoms with Gasteiger partial charge in [0, 0.05) is 11.6 Å². The zero-order valence-electron chi connectivity index (χ0n) is 14.6. The summed E-state index contributed by atoms with van der Waals surface area (Å²) in [5.74, 6) is -1.30. The molecule has 1 saturated carbocycles. The third-order valence-electron chi connectivity index (χ3n) is 4.23. The molecule has 10 heteroatoms. The lowest BCUT2D eigenvalue weighted by Crippen LogP contribution is -2.39. The minimum absolute atomic E-state index is 0.0763. The Bertz CT molecular complexity index is 789. The van der Waals surface area contributed by atoms with Crippen molar-refractivity contribution in [2.75, 3.05) is 0 Å². The van der Waals surface area contributed by atoms with Crippen LogP contribution in [0.15, 0.2) is 36.7 Å². The molecular weight excluding hydrogens is 382 g/mol. The Labute approximate surface area is 157 Å². The number of carbonyl (C=O) groups excluding carboxylic acids is 1. The van der Waals surface area contributed by atoms with Gasteiger partial charge >= 0.3 is 12.4 Å². The minimum Gasteiger partial charge on any atom is -0.460 e. The van der Waals surface area contributed by atoms with Crippen LogP contribution in [0.1, 0.15) is 36.0 Å². The number of nitrogens with zero attached hydrogens (tertiary/aromatic N) is 2. The summed E-state index contributed by atoms with van der Waals surface area (Å²) in [7, 11) is 0. The van der Waals surface area contributed by atoms with Gasteiger partial charge in [-0.1, -0.05) is 0 Å². The van der Waals surface area contributed by atoms with Gasteiger partial charge < -0.3 is 14.8 Å². The van der Waals surface area contributed by atoms with Crippen molar-refractivity contribution in [1.82, 2.24) is 15.3 Å². The number of hydrogen-bond acceptors (Lipinski definition) is 5. The van der Waals surface area contributed by atoms with Crippen LogP contribution >= 0.6 is 0 Å². The molecule has 1 fully saturated rings. The third-order valence-corrected chi connectivity index (χ3v) is 4.23. The minimum atomic E-state index is -4.77. The molecule has 0 atom stereocenters. The fourth-order valence-electron chi connectivity index (χ4n) is 2.91. The van der Waals surface area contributed by atoms with Crippen molar-refractivity contribution in [2.24, 2.45) is 0 Å². The van der Waals surface area contributed by atoms with Gasteiger partial charge in [-0.25, -0.2) is 14.4 Å². The zero-order valence-corrected chi connectivity index (χ0v) is 14.6. The van der Waals surface area contributed by atoms with Gasteiger partial charge in [0.2, 0.25) is 0 Å². The Kier molecular flexibility index (Phi) is 5.96. The summed E-state index contributed by atoms with van der Waals surface area (Å²) in [4.78, 5) is 19.8. The van der Waals surface area contributed by atoms with E-state index < -0.39 is 12.2 Å². The van der Waals surface area contributed by atoms with Crippen molar-refractivity contribution in [2.45, 2.75) is 44.2 Å². The maximum atomic E-state index is 12.8. The predicted octanol–water partition coefficient (Wildman–Crippen LogP) is 3.63. The predicted molar refractivity (Wildman–Crippen MR) is 89.3 cm³/mol. The van der Waals surface area contributed by atoms with Crippen molar-refractivity contribution < 1.29 is 31.8 Å². The van der Waals surface area contributed by atoms with E-state index in [9.17, 15) is 22.4 Å². The van der Waals surface area contributed by atoms with Gasteiger partial charge in [0.05, 0.1) is 12.4 Å². The van der Waals surface area contributed by atoms with Crippen LogP contribution in [0.4, 0.5) is 17.6 Å². The van der Waals surface area contributed by atoms with E-state index in [-0.39, 0.29) is 35.4 Å². The quantitative estimate of drug-likeness (QED) is 0.778. The summed E-state index contributed by atoms with van der Waals surface area (Å²) < 4.78 is 58.6. The first-order valence-electron chi connectivity index (χ1n) is 8.59. The van der Waals surface area contributed by atoms with Crippen molar-refractivity contribution in [1.29, 1.82) is 0 Å². The Balaban J connectivity index is 1.46. The summed E-state index contributed by atoms with van der Waals surface area (Å²) >= 11 is 0. The van der Waals surface area contributed by atoms with E-state index in [0.29, 0.717) is 25.7 Å². The van der Waals surface area contributed by atoms with Crippen LogP contribution in [-0.4, -0.2) is 34.4 Å². The fraction of sp³-hybridized carbons (Fsp3) is 0.389. The number of nitrogens with one attached hydrogen (secondary N) is 1. The number of benzene rings is 1. The molecule has 1 aliphatic carbocycles. The highest BCUT2D eigenvalue weighted by Gasteiger charge is 2.31. The maximum absolute atomic E-state index is 12.8. The molecule has 0 bridgehead atoms. The molecule has 150 valence electrons. The molecule has 0 saturated heterocycles. The van der Waals surface area contributed by atoms with Crippen LogP contribution in [-0.2, 0) is 0 Å². The number of alkyl halides is 3. The molecule has 1 amide bonds. The monoisotopic (exact) mass is 399 g/mol. The molecule has 1 heterocycles. The van der Waals surface area contributed by atoms with Crippen molar-refractivity contribution in [3.05, 3.63) is 48.0 Å². The highest BCUT2D eigenvalue weighted by Crippen LogP contribution is 2.24. The Hall–Kier alpha value is -2.91. The van der Waals surface area contributed by atoms with Gasteiger partial charge in [0.1, 0.15) is 11.9 Å². The van der Waals surface area contributed by atoms with E-state index in [2.05, 4.69) is 20.0 Å². The van der Waals surface area contributed by atoms with Crippen LogP contribution in [0.3, 0.4) is 0 Å². The molecule has 1 aromatic heterocycles. The van der Waals surface area contributed by atoms with Gasteiger partial charge in [0.15, 0.2) is 5.82 Å². The summed E-state index contributed by atoms with van der Waals surface area (Å²) in [6.07, 6.45) is -0.215. The average molecular weight is 399 g/mol. The molecule has 3 rings (SSSR count). The van der Waals surface area contributed by atoms with Crippen LogP contribution in [0.25, 0.3) is 0 Å². The number of amides is 1. The van der Waals surface area contributed by atoms with E-state index >= 15 is 0 Å². The maximum Gasteiger partial charge on any atom is 0.573 e. The molecule has 6 nitrogen and oxygen atoms in total. The molecular formula is C18H17F4N3O3. The van der Waals surface area contributed by atoms with E-state index in [0.717, 1.165) is 24.5 Å². The van der Waals surface area contributed by atoms with Crippen LogP contribution < -0.4 is 14.8 Å². The van der Waals surface area contributed by atoms with E-state index in [1.165, 1.54) is 12.1 Å². The molecule has 1 aromatic carbocycles. The summed E-state index contributed by atoms with van der Waals surface area (Å²) in [5, 5.41) is 2.86. The topological polar surface area (TPSA) is 73.3 Å². The average Bonchev–Trinajstić information content (AvgIpc) is 2.64. The highest BCUT2D eigenvalue weighted by molar-refractivity contribution is 5.94. The first-order valence-corrected chi connectivity index (χ1v) is 8.59. The highest BCUT2D eigenvalue weighted by atomic mass is 19.4. The van der Waals surface area contributed by atoms with Crippen molar-refractivity contribution in [3.8, 4) is 11.8 Å². The lowest BCUT2D eigenvalue weighted by molar-refractivity contribution is -0.274. The first-order chi connectivity index (χ1) is 13.3. The number of aromatic nitrogens is 2. The second kappa shape index (κ2) is 8.41. The standard InChI is InChI=1S/C18H17F4N3O3/c19-12-9-23-17(24-10-12)27-14-7-3-13(4-8-14)25-16(26)11-1-5-15(6-2-11)28-18(20,21)22/h1-2,5-6,9-10,13-14H,3-4,7-8H2,(H,25,26). The van der Waals surface area contributed by atoms with Crippen LogP contribution in [0, 0.1) is 5.82 Å². The summed E-state index contributed by atoms with van der Waals surface area (Å²) in [6.45, 7) is 0. The fourth-order valence-corrected chi connectivity index (χ4v) is 2.91. The first kappa shape index (κ1) is 19.8. The molecule has 28 heavy (non-hydrogen) atoms. The van der Waals surface area contributed by atoms with Gasteiger partial charge in [-0.3, -0.25) is 4.79 Å². The van der Waals surface area contributed by atoms with E-state index in [1.54, 1.807) is 0 Å². The smallest absolute Gasteiger partial charge is 0.460 e. The Morgan fingerprint density at radius 1 is 1.04 bits per heavy atom. The number of rotatable bonds is 5. The number of carbonyl (C=O) groups is 1. The molecule has 0 unspecified atom stereocenters. The Morgan fingerprint density at radius 2 is 1.64 bits per heavy atom. The van der Waals surface area contributed by atoms with Crippen molar-refractivity contribution >= 4 is 5.91 Å². The summed E-state index contributed by atoms with van der Waals surface area (Å²) in [6, 6.07) is 4.77. The zero-order chi connectivity index (χ0) is 20.1. The molecule has 0 radical (unpaired) electrons. The largest absolute Gasteiger partial charge is 0.573 e. The molecule has 0 aliphatic heterocycles. The van der Waals surface area contributed by atoms with Crippen LogP contribution in [0.2, 0.25) is 0 Å². The number of ether oxygens (including phenoxy) is 2. The Morgan fingerprint density at radius 3 is 2.21 bits per heavy atom. The van der Waals surface area contributed by atoms with Gasteiger partial charge in [-0.2, -0.15) is 0 Å². The van der Waals surface area contributed by atoms with Crippen LogP contribution in [0.5, 0.6) is 11.8 Å². The normalized spacial score (nSPS) is 19.7. The van der Waals surface area contributed by atoms with Crippen molar-refractivity contribution in [3.63, 3.8) is 0 Å². The molecule has 1 N–H and O–H groups in total. The van der Waals surface area contributed by atoms with Gasteiger partial charge in [-0.15, -0.1) is 13.2 Å². The number of halogens is 4. The lowest BCUT2D eigenvalue weighted by atomic mass is 9.92. The second-order valence-electron chi connectivity index (χ2n) is 6.32. The third kappa shape index (κ3) is 5.80. The molecule has 1 aliphatic rings. The van der Waals surface area contributed by atoms with E-state index in [4.69, 9.17) is 4.74 Å². The number of hydrogen-bond donors (Lipinski definition) is 1. The summed E-state index contributed by atoms with van der Waals surface area (Å²) in [5.41, 5.74) is 0.243. The lowest BCUT2D eigenvalue weighted by Gasteiger charge is -2.28. The van der Waals surface area contributed by atoms with E-state index in [1.807, 2.05) is 0 Å². The second-order valence-corrected chi connectivity index (χ2v) is 6.32. The molecule has 0 spiro atoms. The van der Waals surface area contributed by atoms with Gasteiger partial charge in [0.25, 0.3) is 5.91 Å². The molecule has 2 aromatic rings. The van der Waals surface area contributed by atoms with Gasteiger partial charge in [-0.05, 0) is 49.9 Å².